The molecular weight excluding hydrogens is 494 g/mol. The maximum absolute atomic E-state index is 12.7. The summed E-state index contributed by atoms with van der Waals surface area (Å²) in [6, 6.07) is 15.3. The van der Waals surface area contributed by atoms with Crippen LogP contribution in [0.1, 0.15) is 65.9 Å². The Morgan fingerprint density at radius 1 is 1.05 bits per heavy atom. The first-order valence-electron chi connectivity index (χ1n) is 13.6. The van der Waals surface area contributed by atoms with Crippen molar-refractivity contribution >= 4 is 23.0 Å². The summed E-state index contributed by atoms with van der Waals surface area (Å²) in [5.41, 5.74) is 3.36. The minimum atomic E-state index is -0.898. The highest BCUT2D eigenvalue weighted by Crippen LogP contribution is 2.34. The first-order chi connectivity index (χ1) is 18.5. The van der Waals surface area contributed by atoms with Gasteiger partial charge in [-0.25, -0.2) is 4.79 Å². The van der Waals surface area contributed by atoms with Crippen LogP contribution in [0.3, 0.4) is 0 Å². The van der Waals surface area contributed by atoms with Gasteiger partial charge in [0.1, 0.15) is 23.7 Å². The fourth-order valence-electron chi connectivity index (χ4n) is 4.66. The van der Waals surface area contributed by atoms with E-state index < -0.39 is 18.0 Å². The van der Waals surface area contributed by atoms with Gasteiger partial charge in [-0.2, -0.15) is 4.80 Å². The fourth-order valence-corrected chi connectivity index (χ4v) is 4.66. The number of hydrogen-bond acceptors (Lipinski definition) is 7. The molecule has 3 aromatic rings. The summed E-state index contributed by atoms with van der Waals surface area (Å²) in [5.74, 6) is -1.07. The van der Waals surface area contributed by atoms with Crippen LogP contribution < -0.4 is 0 Å². The van der Waals surface area contributed by atoms with E-state index in [0.29, 0.717) is 24.8 Å². The third-order valence-electron chi connectivity index (χ3n) is 6.83. The van der Waals surface area contributed by atoms with E-state index in [-0.39, 0.29) is 30.5 Å². The summed E-state index contributed by atoms with van der Waals surface area (Å²) in [4.78, 5) is 26.4. The van der Waals surface area contributed by atoms with Gasteiger partial charge in [-0.1, -0.05) is 71.0 Å². The van der Waals surface area contributed by atoms with E-state index >= 15 is 0 Å². The highest BCUT2D eigenvalue weighted by atomic mass is 16.5. The quantitative estimate of drug-likeness (QED) is 0.224. The molecule has 210 valence electrons. The second kappa shape index (κ2) is 13.5. The van der Waals surface area contributed by atoms with Crippen LogP contribution >= 0.6 is 0 Å². The molecule has 0 spiro atoms. The molecule has 1 aromatic heterocycles. The lowest BCUT2D eigenvalue weighted by molar-refractivity contribution is -0.151. The molecule has 0 saturated carbocycles. The van der Waals surface area contributed by atoms with Crippen molar-refractivity contribution in [2.24, 2.45) is 11.3 Å². The maximum atomic E-state index is 12.7. The van der Waals surface area contributed by atoms with E-state index in [4.69, 9.17) is 9.47 Å². The van der Waals surface area contributed by atoms with Crippen LogP contribution in [0.4, 0.5) is 0 Å². The number of carbonyl (C=O) groups is 2. The molecule has 1 heterocycles. The Morgan fingerprint density at radius 2 is 1.67 bits per heavy atom. The molecule has 0 radical (unpaired) electrons. The molecule has 8 nitrogen and oxygen atoms in total. The van der Waals surface area contributed by atoms with Gasteiger partial charge < -0.3 is 14.6 Å². The zero-order valence-corrected chi connectivity index (χ0v) is 23.7. The molecule has 0 aliphatic rings. The molecule has 0 fully saturated rings. The lowest BCUT2D eigenvalue weighted by Crippen LogP contribution is -2.39. The molecule has 2 aromatic carbocycles. The second-order valence-electron chi connectivity index (χ2n) is 11.2. The molecule has 3 unspecified atom stereocenters. The summed E-state index contributed by atoms with van der Waals surface area (Å²) in [5, 5.41) is 20.2. The standard InChI is InChI=1S/C31H41N3O5/c1-7-12-23(39-30(37)21(2)3)19-24(31(4,5)6)28(35)20-38-29(36)18-17-22-13-8-11-16-27(22)34-32-25-14-9-10-15-26(25)33-34/h8-11,13-16,23-24,28,35H,2,7,12,17-20H2,1,3-6H3. The summed E-state index contributed by atoms with van der Waals surface area (Å²) in [6.45, 7) is 13.3. The number of aromatic nitrogens is 3. The Bertz CT molecular complexity index is 1240. The first kappa shape index (κ1) is 30.0. The number of rotatable bonds is 13. The fraction of sp³-hybridized carbons (Fsp3) is 0.484. The van der Waals surface area contributed by atoms with Gasteiger partial charge in [-0.3, -0.25) is 4.79 Å². The second-order valence-corrected chi connectivity index (χ2v) is 11.2. The maximum Gasteiger partial charge on any atom is 0.333 e. The summed E-state index contributed by atoms with van der Waals surface area (Å²) >= 11 is 0. The summed E-state index contributed by atoms with van der Waals surface area (Å²) in [6.07, 6.45) is 1.33. The number of para-hydroxylation sites is 1. The van der Waals surface area contributed by atoms with Crippen LogP contribution in [0.25, 0.3) is 16.7 Å². The van der Waals surface area contributed by atoms with Gasteiger partial charge in [0, 0.05) is 12.0 Å². The summed E-state index contributed by atoms with van der Waals surface area (Å²) in [7, 11) is 0. The third kappa shape index (κ3) is 8.48. The number of aryl methyl sites for hydroxylation is 1. The Kier molecular flexibility index (Phi) is 10.4. The Hall–Kier alpha value is -3.52. The van der Waals surface area contributed by atoms with Crippen molar-refractivity contribution < 1.29 is 24.2 Å². The van der Waals surface area contributed by atoms with Gasteiger partial charge in [-0.15, -0.1) is 10.2 Å². The number of aliphatic hydroxyl groups is 1. The Balaban J connectivity index is 1.60. The zero-order chi connectivity index (χ0) is 28.6. The van der Waals surface area contributed by atoms with Crippen molar-refractivity contribution in [1.29, 1.82) is 0 Å². The van der Waals surface area contributed by atoms with Gasteiger partial charge in [0.25, 0.3) is 0 Å². The number of aliphatic hydroxyl groups excluding tert-OH is 1. The molecule has 0 aliphatic heterocycles. The van der Waals surface area contributed by atoms with E-state index in [0.717, 1.165) is 28.7 Å². The van der Waals surface area contributed by atoms with Gasteiger partial charge in [0.05, 0.1) is 11.8 Å². The average molecular weight is 536 g/mol. The molecule has 1 N–H and O–H groups in total. The third-order valence-corrected chi connectivity index (χ3v) is 6.83. The van der Waals surface area contributed by atoms with E-state index in [1.807, 2.05) is 76.2 Å². The van der Waals surface area contributed by atoms with E-state index in [2.05, 4.69) is 16.8 Å². The van der Waals surface area contributed by atoms with Crippen molar-refractivity contribution in [1.82, 2.24) is 15.0 Å². The predicted molar refractivity (Wildman–Crippen MR) is 151 cm³/mol. The predicted octanol–water partition coefficient (Wildman–Crippen LogP) is 5.60. The molecule has 0 aliphatic carbocycles. The van der Waals surface area contributed by atoms with Crippen LogP contribution in [0, 0.1) is 11.3 Å². The molecule has 8 heteroatoms. The van der Waals surface area contributed by atoms with Crippen LogP contribution in [-0.4, -0.2) is 50.9 Å². The lowest BCUT2D eigenvalue weighted by atomic mass is 9.74. The van der Waals surface area contributed by atoms with Gasteiger partial charge in [-0.05, 0) is 61.3 Å². The van der Waals surface area contributed by atoms with Gasteiger partial charge in [0.15, 0.2) is 0 Å². The van der Waals surface area contributed by atoms with Crippen molar-refractivity contribution in [2.75, 3.05) is 6.61 Å². The van der Waals surface area contributed by atoms with E-state index in [1.165, 1.54) is 0 Å². The lowest BCUT2D eigenvalue weighted by Gasteiger charge is -2.36. The smallest absolute Gasteiger partial charge is 0.333 e. The van der Waals surface area contributed by atoms with E-state index in [9.17, 15) is 14.7 Å². The van der Waals surface area contributed by atoms with Crippen LogP contribution in [0.2, 0.25) is 0 Å². The molecule has 3 atom stereocenters. The van der Waals surface area contributed by atoms with Crippen molar-refractivity contribution in [3.8, 4) is 5.69 Å². The largest absolute Gasteiger partial charge is 0.463 e. The zero-order valence-electron chi connectivity index (χ0n) is 23.7. The van der Waals surface area contributed by atoms with Crippen molar-refractivity contribution in [3.63, 3.8) is 0 Å². The number of ether oxygens (including phenoxy) is 2. The SMILES string of the molecule is C=C(C)C(=O)OC(CCC)CC(C(O)COC(=O)CCc1ccccc1-n1nc2ccccc2n1)C(C)(C)C. The molecule has 0 amide bonds. The normalized spacial score (nSPS) is 14.0. The molecule has 0 saturated heterocycles. The van der Waals surface area contributed by atoms with E-state index in [1.54, 1.807) is 11.7 Å². The van der Waals surface area contributed by atoms with Crippen LogP contribution in [0.15, 0.2) is 60.7 Å². The van der Waals surface area contributed by atoms with Gasteiger partial charge >= 0.3 is 11.9 Å². The molecule has 3 rings (SSSR count). The molecule has 0 bridgehead atoms. The highest BCUT2D eigenvalue weighted by molar-refractivity contribution is 5.87. The van der Waals surface area contributed by atoms with Crippen molar-refractivity contribution in [3.05, 3.63) is 66.2 Å². The molecular formula is C31H41N3O5. The topological polar surface area (TPSA) is 104 Å². The number of hydrogen-bond donors (Lipinski definition) is 1. The van der Waals surface area contributed by atoms with Gasteiger partial charge in [0.2, 0.25) is 0 Å². The van der Waals surface area contributed by atoms with Crippen LogP contribution in [0.5, 0.6) is 0 Å². The highest BCUT2D eigenvalue weighted by Gasteiger charge is 2.35. The number of nitrogens with zero attached hydrogens (tertiary/aromatic N) is 3. The first-order valence-corrected chi connectivity index (χ1v) is 13.6. The van der Waals surface area contributed by atoms with Crippen LogP contribution in [-0.2, 0) is 25.5 Å². The summed E-state index contributed by atoms with van der Waals surface area (Å²) < 4.78 is 11.1. The van der Waals surface area contributed by atoms with Crippen molar-refractivity contribution in [2.45, 2.75) is 78.9 Å². The number of benzene rings is 2. The monoisotopic (exact) mass is 535 g/mol. The minimum absolute atomic E-state index is 0.123. The number of carbonyl (C=O) groups excluding carboxylic acids is 2. The minimum Gasteiger partial charge on any atom is -0.463 e. The Morgan fingerprint density at radius 3 is 2.26 bits per heavy atom. The number of esters is 2. The molecule has 39 heavy (non-hydrogen) atoms. The Labute approximate surface area is 231 Å². The average Bonchev–Trinajstić information content (AvgIpc) is 3.32. The number of fused-ring (bicyclic) bond motifs is 1.